The number of hydrogen-bond donors (Lipinski definition) is 1. The molecule has 88 valence electrons. The van der Waals surface area contributed by atoms with Crippen LogP contribution in [0.1, 0.15) is 17.2 Å². The second kappa shape index (κ2) is 4.37. The maximum Gasteiger partial charge on any atom is 0.254 e. The first-order chi connectivity index (χ1) is 8.06. The van der Waals surface area contributed by atoms with E-state index < -0.39 is 0 Å². The first-order valence-electron chi connectivity index (χ1n) is 5.33. The third-order valence-corrected chi connectivity index (χ3v) is 2.48. The van der Waals surface area contributed by atoms with Crippen LogP contribution in [0.5, 0.6) is 0 Å². The fraction of sp³-hybridized carbons (Fsp3) is 0.250. The predicted octanol–water partition coefficient (Wildman–Crippen LogP) is 0.886. The molecule has 0 aromatic carbocycles. The zero-order chi connectivity index (χ0) is 12.4. The summed E-state index contributed by atoms with van der Waals surface area (Å²) in [5.41, 5.74) is 7.01. The molecule has 0 aliphatic carbocycles. The van der Waals surface area contributed by atoms with Gasteiger partial charge in [-0.1, -0.05) is 6.07 Å². The molecule has 2 heterocycles. The number of anilines is 1. The van der Waals surface area contributed by atoms with E-state index in [0.717, 1.165) is 11.4 Å². The number of nitrogens with zero attached hydrogens (tertiary/aromatic N) is 3. The SMILES string of the molecule is Cc1cc(=O)n(Cc2cccc(N)n2)c(C)n1. The summed E-state index contributed by atoms with van der Waals surface area (Å²) >= 11 is 0. The molecular formula is C12H14N4O. The van der Waals surface area contributed by atoms with Gasteiger partial charge in [0.2, 0.25) is 0 Å². The Labute approximate surface area is 99.0 Å². The maximum absolute atomic E-state index is 11.8. The van der Waals surface area contributed by atoms with E-state index in [-0.39, 0.29) is 5.56 Å². The summed E-state index contributed by atoms with van der Waals surface area (Å²) in [6.07, 6.45) is 0. The van der Waals surface area contributed by atoms with Crippen LogP contribution in [0.25, 0.3) is 0 Å². The molecule has 0 amide bonds. The van der Waals surface area contributed by atoms with E-state index in [4.69, 9.17) is 5.73 Å². The van der Waals surface area contributed by atoms with Crippen LogP contribution in [0.4, 0.5) is 5.82 Å². The van der Waals surface area contributed by atoms with Gasteiger partial charge in [0.25, 0.3) is 5.56 Å². The van der Waals surface area contributed by atoms with Gasteiger partial charge in [-0.15, -0.1) is 0 Å². The van der Waals surface area contributed by atoms with Gasteiger partial charge < -0.3 is 5.73 Å². The topological polar surface area (TPSA) is 73.8 Å². The molecule has 2 rings (SSSR count). The molecule has 0 atom stereocenters. The van der Waals surface area contributed by atoms with E-state index in [1.54, 1.807) is 24.5 Å². The Morgan fingerprint density at radius 2 is 2.06 bits per heavy atom. The molecule has 2 N–H and O–H groups in total. The second-order valence-corrected chi connectivity index (χ2v) is 3.92. The summed E-state index contributed by atoms with van der Waals surface area (Å²) in [4.78, 5) is 20.2. The largest absolute Gasteiger partial charge is 0.384 e. The zero-order valence-corrected chi connectivity index (χ0v) is 9.84. The Hall–Kier alpha value is -2.17. The van der Waals surface area contributed by atoms with Gasteiger partial charge in [0.15, 0.2) is 0 Å². The zero-order valence-electron chi connectivity index (χ0n) is 9.84. The van der Waals surface area contributed by atoms with Gasteiger partial charge in [-0.3, -0.25) is 9.36 Å². The highest BCUT2D eigenvalue weighted by Crippen LogP contribution is 2.03. The van der Waals surface area contributed by atoms with Crippen molar-refractivity contribution < 1.29 is 0 Å². The van der Waals surface area contributed by atoms with Gasteiger partial charge >= 0.3 is 0 Å². The fourth-order valence-electron chi connectivity index (χ4n) is 1.70. The highest BCUT2D eigenvalue weighted by atomic mass is 16.1. The van der Waals surface area contributed by atoms with Crippen molar-refractivity contribution in [2.24, 2.45) is 0 Å². The van der Waals surface area contributed by atoms with Crippen LogP contribution in [0, 0.1) is 13.8 Å². The van der Waals surface area contributed by atoms with Crippen molar-refractivity contribution in [3.8, 4) is 0 Å². The van der Waals surface area contributed by atoms with Crippen molar-refractivity contribution >= 4 is 5.82 Å². The Bertz CT molecular complexity index is 604. The summed E-state index contributed by atoms with van der Waals surface area (Å²) in [6.45, 7) is 4.00. The molecule has 0 aliphatic heterocycles. The lowest BCUT2D eigenvalue weighted by Gasteiger charge is -2.09. The lowest BCUT2D eigenvalue weighted by atomic mass is 10.3. The van der Waals surface area contributed by atoms with Crippen LogP contribution in [-0.2, 0) is 6.54 Å². The smallest absolute Gasteiger partial charge is 0.254 e. The minimum absolute atomic E-state index is 0.0702. The third-order valence-electron chi connectivity index (χ3n) is 2.48. The summed E-state index contributed by atoms with van der Waals surface area (Å²) < 4.78 is 1.58. The average molecular weight is 230 g/mol. The molecule has 2 aromatic heterocycles. The molecule has 2 aromatic rings. The van der Waals surface area contributed by atoms with E-state index in [1.807, 2.05) is 12.1 Å². The summed E-state index contributed by atoms with van der Waals surface area (Å²) in [7, 11) is 0. The average Bonchev–Trinajstić information content (AvgIpc) is 2.23. The predicted molar refractivity (Wildman–Crippen MR) is 65.7 cm³/mol. The molecule has 5 heteroatoms. The van der Waals surface area contributed by atoms with Gasteiger partial charge in [0, 0.05) is 11.8 Å². The lowest BCUT2D eigenvalue weighted by molar-refractivity contribution is 0.682. The number of rotatable bonds is 2. The summed E-state index contributed by atoms with van der Waals surface area (Å²) in [5, 5.41) is 0. The molecule has 17 heavy (non-hydrogen) atoms. The number of aromatic nitrogens is 3. The van der Waals surface area contributed by atoms with Gasteiger partial charge in [0.05, 0.1) is 12.2 Å². The number of hydrogen-bond acceptors (Lipinski definition) is 4. The minimum atomic E-state index is -0.0702. The fourth-order valence-corrected chi connectivity index (χ4v) is 1.70. The molecule has 5 nitrogen and oxygen atoms in total. The Kier molecular flexibility index (Phi) is 2.91. The first kappa shape index (κ1) is 11.3. The van der Waals surface area contributed by atoms with Gasteiger partial charge in [0.1, 0.15) is 11.6 Å². The molecule has 0 radical (unpaired) electrons. The van der Waals surface area contributed by atoms with E-state index in [2.05, 4.69) is 9.97 Å². The highest BCUT2D eigenvalue weighted by molar-refractivity contribution is 5.28. The highest BCUT2D eigenvalue weighted by Gasteiger charge is 2.04. The van der Waals surface area contributed by atoms with Crippen molar-refractivity contribution in [3.05, 3.63) is 51.8 Å². The lowest BCUT2D eigenvalue weighted by Crippen LogP contribution is -2.24. The standard InChI is InChI=1S/C12H14N4O/c1-8-6-12(17)16(9(2)14-8)7-10-4-3-5-11(13)15-10/h3-6H,7H2,1-2H3,(H2,13,15). The van der Waals surface area contributed by atoms with Gasteiger partial charge in [-0.2, -0.15) is 0 Å². The maximum atomic E-state index is 11.8. The molecule has 0 saturated carbocycles. The Balaban J connectivity index is 2.40. The van der Waals surface area contributed by atoms with Crippen molar-refractivity contribution in [3.63, 3.8) is 0 Å². The van der Waals surface area contributed by atoms with Crippen LogP contribution < -0.4 is 11.3 Å². The molecule has 0 fully saturated rings. The van der Waals surface area contributed by atoms with Crippen molar-refractivity contribution in [2.75, 3.05) is 5.73 Å². The molecule has 0 unspecified atom stereocenters. The van der Waals surface area contributed by atoms with E-state index in [9.17, 15) is 4.79 Å². The van der Waals surface area contributed by atoms with Crippen molar-refractivity contribution in [2.45, 2.75) is 20.4 Å². The number of nitrogens with two attached hydrogens (primary N) is 1. The van der Waals surface area contributed by atoms with Crippen LogP contribution in [0.3, 0.4) is 0 Å². The molecule has 0 aliphatic rings. The molecule has 0 spiro atoms. The van der Waals surface area contributed by atoms with Gasteiger partial charge in [-0.25, -0.2) is 9.97 Å². The summed E-state index contributed by atoms with van der Waals surface area (Å²) in [6, 6.07) is 6.88. The third kappa shape index (κ3) is 2.50. The molecular weight excluding hydrogens is 216 g/mol. The van der Waals surface area contributed by atoms with Crippen molar-refractivity contribution in [1.82, 2.24) is 14.5 Å². The minimum Gasteiger partial charge on any atom is -0.384 e. The van der Waals surface area contributed by atoms with Crippen LogP contribution in [0.15, 0.2) is 29.1 Å². The Morgan fingerprint density at radius 3 is 2.71 bits per heavy atom. The monoisotopic (exact) mass is 230 g/mol. The number of pyridine rings is 1. The quantitative estimate of drug-likeness (QED) is 0.831. The number of nitrogen functional groups attached to an aromatic ring is 1. The number of aryl methyl sites for hydroxylation is 2. The van der Waals surface area contributed by atoms with Gasteiger partial charge in [-0.05, 0) is 26.0 Å². The van der Waals surface area contributed by atoms with Crippen LogP contribution >= 0.6 is 0 Å². The molecule has 0 saturated heterocycles. The first-order valence-corrected chi connectivity index (χ1v) is 5.33. The Morgan fingerprint density at radius 1 is 1.29 bits per heavy atom. The molecule has 0 bridgehead atoms. The van der Waals surface area contributed by atoms with Crippen LogP contribution in [0.2, 0.25) is 0 Å². The van der Waals surface area contributed by atoms with Crippen LogP contribution in [-0.4, -0.2) is 14.5 Å². The van der Waals surface area contributed by atoms with E-state index >= 15 is 0 Å². The van der Waals surface area contributed by atoms with E-state index in [1.165, 1.54) is 6.07 Å². The summed E-state index contributed by atoms with van der Waals surface area (Å²) in [5.74, 6) is 1.13. The van der Waals surface area contributed by atoms with Crippen molar-refractivity contribution in [1.29, 1.82) is 0 Å². The second-order valence-electron chi connectivity index (χ2n) is 3.92. The van der Waals surface area contributed by atoms with E-state index in [0.29, 0.717) is 18.2 Å². The normalized spacial score (nSPS) is 10.5.